The van der Waals surface area contributed by atoms with Crippen LogP contribution in [0.4, 0.5) is 0 Å². The van der Waals surface area contributed by atoms with Gasteiger partial charge in [0.1, 0.15) is 0 Å². The Balaban J connectivity index is 1.81. The Morgan fingerprint density at radius 1 is 1.44 bits per heavy atom. The number of carbonyl (C=O) groups excluding carboxylic acids is 1. The molecule has 0 atom stereocenters. The molecule has 0 unspecified atom stereocenters. The minimum atomic E-state index is -0.000398. The number of hydrogen-bond acceptors (Lipinski definition) is 3. The molecular weight excluding hydrogens is 226 g/mol. The Hall–Kier alpha value is -1.68. The summed E-state index contributed by atoms with van der Waals surface area (Å²) in [6, 6.07) is 3.76. The fraction of sp³-hybridized carbons (Fsp3) is 0.429. The van der Waals surface area contributed by atoms with Gasteiger partial charge >= 0.3 is 0 Å². The number of nitrogens with zero attached hydrogens (tertiary/aromatic N) is 2. The van der Waals surface area contributed by atoms with Gasteiger partial charge < -0.3 is 5.32 Å². The number of piperidine rings is 1. The third-order valence-electron chi connectivity index (χ3n) is 3.25. The zero-order valence-corrected chi connectivity index (χ0v) is 10.5. The maximum atomic E-state index is 12.0. The van der Waals surface area contributed by atoms with Crippen LogP contribution in [0.2, 0.25) is 0 Å². The van der Waals surface area contributed by atoms with Crippen LogP contribution in [0, 0.1) is 0 Å². The van der Waals surface area contributed by atoms with Gasteiger partial charge in [-0.25, -0.2) is 0 Å². The van der Waals surface area contributed by atoms with Gasteiger partial charge in [-0.15, -0.1) is 6.58 Å². The largest absolute Gasteiger partial charge is 0.349 e. The van der Waals surface area contributed by atoms with E-state index in [0.29, 0.717) is 5.56 Å². The highest BCUT2D eigenvalue weighted by atomic mass is 16.1. The maximum absolute atomic E-state index is 12.0. The first-order valence-corrected chi connectivity index (χ1v) is 6.33. The first-order valence-electron chi connectivity index (χ1n) is 6.33. The Morgan fingerprint density at radius 2 is 2.11 bits per heavy atom. The fourth-order valence-electron chi connectivity index (χ4n) is 2.21. The summed E-state index contributed by atoms with van der Waals surface area (Å²) in [5.41, 5.74) is 0.679. The third-order valence-corrected chi connectivity index (χ3v) is 3.25. The van der Waals surface area contributed by atoms with Crippen LogP contribution in [0.5, 0.6) is 0 Å². The molecule has 4 heteroatoms. The van der Waals surface area contributed by atoms with E-state index in [2.05, 4.69) is 21.8 Å². The monoisotopic (exact) mass is 245 g/mol. The van der Waals surface area contributed by atoms with Gasteiger partial charge in [-0.3, -0.25) is 14.7 Å². The van der Waals surface area contributed by atoms with Crippen LogP contribution in [0.1, 0.15) is 23.2 Å². The van der Waals surface area contributed by atoms with Crippen LogP contribution in [-0.4, -0.2) is 41.5 Å². The lowest BCUT2D eigenvalue weighted by molar-refractivity contribution is 0.0914. The smallest absolute Gasteiger partial charge is 0.251 e. The normalized spacial score (nSPS) is 17.3. The van der Waals surface area contributed by atoms with E-state index in [0.717, 1.165) is 32.5 Å². The van der Waals surface area contributed by atoms with Gasteiger partial charge in [0.05, 0.1) is 0 Å². The minimum Gasteiger partial charge on any atom is -0.349 e. The second-order valence-electron chi connectivity index (χ2n) is 4.57. The summed E-state index contributed by atoms with van der Waals surface area (Å²) in [5, 5.41) is 3.08. The molecule has 0 spiro atoms. The number of carbonyl (C=O) groups is 1. The molecule has 1 fully saturated rings. The highest BCUT2D eigenvalue weighted by molar-refractivity contribution is 5.94. The summed E-state index contributed by atoms with van der Waals surface area (Å²) in [5.74, 6) is -0.000398. The first-order chi connectivity index (χ1) is 8.79. The lowest BCUT2D eigenvalue weighted by atomic mass is 10.0. The van der Waals surface area contributed by atoms with E-state index in [1.807, 2.05) is 6.08 Å². The minimum absolute atomic E-state index is 0.000398. The van der Waals surface area contributed by atoms with Gasteiger partial charge in [0.2, 0.25) is 0 Å². The van der Waals surface area contributed by atoms with Crippen molar-refractivity contribution < 1.29 is 4.79 Å². The van der Waals surface area contributed by atoms with Crippen LogP contribution >= 0.6 is 0 Å². The summed E-state index contributed by atoms with van der Waals surface area (Å²) in [4.78, 5) is 18.2. The van der Waals surface area contributed by atoms with E-state index >= 15 is 0 Å². The van der Waals surface area contributed by atoms with Crippen LogP contribution in [0.3, 0.4) is 0 Å². The molecule has 0 bridgehead atoms. The van der Waals surface area contributed by atoms with E-state index in [4.69, 9.17) is 0 Å². The van der Waals surface area contributed by atoms with Crippen molar-refractivity contribution in [1.29, 1.82) is 0 Å². The molecule has 2 heterocycles. The lowest BCUT2D eigenvalue weighted by Crippen LogP contribution is -2.44. The molecule has 0 aliphatic carbocycles. The summed E-state index contributed by atoms with van der Waals surface area (Å²) in [6.45, 7) is 6.72. The molecule has 1 aliphatic rings. The number of aromatic nitrogens is 1. The number of nitrogens with one attached hydrogen (secondary N) is 1. The zero-order valence-electron chi connectivity index (χ0n) is 10.5. The van der Waals surface area contributed by atoms with E-state index < -0.39 is 0 Å². The fourth-order valence-corrected chi connectivity index (χ4v) is 2.21. The second kappa shape index (κ2) is 6.31. The van der Waals surface area contributed by atoms with Gasteiger partial charge in [-0.1, -0.05) is 6.08 Å². The molecule has 4 nitrogen and oxygen atoms in total. The Kier molecular flexibility index (Phi) is 4.47. The lowest BCUT2D eigenvalue weighted by Gasteiger charge is -2.31. The molecule has 0 radical (unpaired) electrons. The molecular formula is C14H19N3O. The van der Waals surface area contributed by atoms with Crippen molar-refractivity contribution in [2.45, 2.75) is 18.9 Å². The van der Waals surface area contributed by atoms with Crippen LogP contribution < -0.4 is 5.32 Å². The van der Waals surface area contributed by atoms with Crippen molar-refractivity contribution in [3.05, 3.63) is 42.7 Å². The van der Waals surface area contributed by atoms with Gasteiger partial charge in [0, 0.05) is 43.6 Å². The molecule has 1 saturated heterocycles. The van der Waals surface area contributed by atoms with E-state index in [9.17, 15) is 4.79 Å². The first kappa shape index (κ1) is 12.8. The molecule has 0 saturated carbocycles. The Bertz CT molecular complexity index is 397. The predicted octanol–water partition coefficient (Wildman–Crippen LogP) is 1.46. The number of rotatable bonds is 4. The van der Waals surface area contributed by atoms with Gasteiger partial charge in [0.25, 0.3) is 5.91 Å². The average molecular weight is 245 g/mol. The highest BCUT2D eigenvalue weighted by Crippen LogP contribution is 2.10. The standard InChI is InChI=1S/C14H19N3O/c1-2-9-17-10-5-13(6-11-17)16-14(18)12-3-7-15-8-4-12/h2-4,7-8,13H,1,5-6,9-11H2,(H,16,18). The van der Waals surface area contributed by atoms with Crippen molar-refractivity contribution in [3.63, 3.8) is 0 Å². The molecule has 1 N–H and O–H groups in total. The molecule has 1 aliphatic heterocycles. The van der Waals surface area contributed by atoms with E-state index in [-0.39, 0.29) is 11.9 Å². The zero-order chi connectivity index (χ0) is 12.8. The Morgan fingerprint density at radius 3 is 2.72 bits per heavy atom. The third kappa shape index (κ3) is 3.40. The number of hydrogen-bond donors (Lipinski definition) is 1. The van der Waals surface area contributed by atoms with Crippen molar-refractivity contribution in [1.82, 2.24) is 15.2 Å². The van der Waals surface area contributed by atoms with Crippen molar-refractivity contribution in [2.24, 2.45) is 0 Å². The number of pyridine rings is 1. The molecule has 0 aromatic carbocycles. The molecule has 18 heavy (non-hydrogen) atoms. The predicted molar refractivity (Wildman–Crippen MR) is 71.4 cm³/mol. The summed E-state index contributed by atoms with van der Waals surface area (Å²) in [7, 11) is 0. The maximum Gasteiger partial charge on any atom is 0.251 e. The van der Waals surface area contributed by atoms with E-state index in [1.54, 1.807) is 24.5 Å². The van der Waals surface area contributed by atoms with Gasteiger partial charge in [-0.05, 0) is 25.0 Å². The number of likely N-dealkylation sites (tertiary alicyclic amines) is 1. The molecule has 1 amide bonds. The van der Waals surface area contributed by atoms with Crippen LogP contribution in [-0.2, 0) is 0 Å². The molecule has 1 aromatic heterocycles. The van der Waals surface area contributed by atoms with Crippen LogP contribution in [0.25, 0.3) is 0 Å². The Labute approximate surface area is 108 Å². The van der Waals surface area contributed by atoms with Gasteiger partial charge in [-0.2, -0.15) is 0 Å². The van der Waals surface area contributed by atoms with Gasteiger partial charge in [0.15, 0.2) is 0 Å². The van der Waals surface area contributed by atoms with Crippen molar-refractivity contribution in [2.75, 3.05) is 19.6 Å². The van der Waals surface area contributed by atoms with Crippen molar-refractivity contribution in [3.8, 4) is 0 Å². The SMILES string of the molecule is C=CCN1CCC(NC(=O)c2ccncc2)CC1. The summed E-state index contributed by atoms with van der Waals surface area (Å²) >= 11 is 0. The molecule has 2 rings (SSSR count). The topological polar surface area (TPSA) is 45.2 Å². The highest BCUT2D eigenvalue weighted by Gasteiger charge is 2.20. The molecule has 96 valence electrons. The molecule has 1 aromatic rings. The average Bonchev–Trinajstić information content (AvgIpc) is 2.42. The summed E-state index contributed by atoms with van der Waals surface area (Å²) in [6.07, 6.45) is 7.22. The quantitative estimate of drug-likeness (QED) is 0.817. The summed E-state index contributed by atoms with van der Waals surface area (Å²) < 4.78 is 0. The number of amides is 1. The van der Waals surface area contributed by atoms with Crippen molar-refractivity contribution >= 4 is 5.91 Å². The van der Waals surface area contributed by atoms with Crippen LogP contribution in [0.15, 0.2) is 37.2 Å². The van der Waals surface area contributed by atoms with E-state index in [1.165, 1.54) is 0 Å². The second-order valence-corrected chi connectivity index (χ2v) is 4.57.